The maximum atomic E-state index is 10.6. The molecule has 2 aliphatic carbocycles. The predicted octanol–water partition coefficient (Wildman–Crippen LogP) is 6.58. The first-order valence-electron chi connectivity index (χ1n) is 10.8. The molecule has 148 valence electrons. The standard InChI is InChI=1S/C24H35NOS/c1-4-24(16-7-17-24)23(26)11-6-10-21-19(13-15-22(21)25-3)8-5-9-20-14-12-18(2)27-20/h6,10,12,14,19,21-23,26H,4-5,7-9,11,13,15-17H2,1-2H3/b10-6+/t19-,21+,22+,23?/m0/s1. The van der Waals surface area contributed by atoms with Gasteiger partial charge >= 0.3 is 0 Å². The molecule has 0 aromatic carbocycles. The summed E-state index contributed by atoms with van der Waals surface area (Å²) in [5, 5.41) is 10.6. The van der Waals surface area contributed by atoms with Crippen molar-refractivity contribution in [2.45, 2.75) is 90.2 Å². The average molecular weight is 386 g/mol. The van der Waals surface area contributed by atoms with Gasteiger partial charge in [0.2, 0.25) is 6.04 Å². The van der Waals surface area contributed by atoms with Crippen LogP contribution in [-0.2, 0) is 6.42 Å². The molecule has 0 aliphatic heterocycles. The maximum Gasteiger partial charge on any atom is 0.230 e. The van der Waals surface area contributed by atoms with E-state index in [0.717, 1.165) is 19.3 Å². The van der Waals surface area contributed by atoms with Crippen molar-refractivity contribution in [3.05, 3.63) is 45.5 Å². The van der Waals surface area contributed by atoms with Crippen LogP contribution in [0, 0.1) is 30.7 Å². The lowest BCUT2D eigenvalue weighted by molar-refractivity contribution is -0.0355. The second kappa shape index (κ2) is 9.39. The molecular weight excluding hydrogens is 350 g/mol. The molecule has 2 nitrogen and oxygen atoms in total. The summed E-state index contributed by atoms with van der Waals surface area (Å²) in [6.07, 6.45) is 15.6. The highest BCUT2D eigenvalue weighted by Crippen LogP contribution is 2.47. The number of hydrogen-bond donors (Lipinski definition) is 1. The molecule has 1 unspecified atom stereocenters. The highest BCUT2D eigenvalue weighted by Gasteiger charge is 2.41. The number of aliphatic hydroxyl groups excluding tert-OH is 1. The van der Waals surface area contributed by atoms with Gasteiger partial charge in [0.25, 0.3) is 0 Å². The van der Waals surface area contributed by atoms with Gasteiger partial charge in [0.15, 0.2) is 0 Å². The van der Waals surface area contributed by atoms with Crippen molar-refractivity contribution < 1.29 is 5.11 Å². The van der Waals surface area contributed by atoms with E-state index in [-0.39, 0.29) is 17.6 Å². The summed E-state index contributed by atoms with van der Waals surface area (Å²) in [7, 11) is 0. The lowest BCUT2D eigenvalue weighted by Crippen LogP contribution is -2.40. The number of thiophene rings is 1. The second-order valence-corrected chi connectivity index (χ2v) is 10.1. The summed E-state index contributed by atoms with van der Waals surface area (Å²) in [5.74, 6) is 1.03. The van der Waals surface area contributed by atoms with E-state index in [2.05, 4.69) is 43.0 Å². The van der Waals surface area contributed by atoms with Crippen LogP contribution < -0.4 is 0 Å². The van der Waals surface area contributed by atoms with Gasteiger partial charge in [0.1, 0.15) is 0 Å². The molecule has 0 spiro atoms. The van der Waals surface area contributed by atoms with Gasteiger partial charge in [-0.25, -0.2) is 6.57 Å². The fraction of sp³-hybridized carbons (Fsp3) is 0.708. The highest BCUT2D eigenvalue weighted by atomic mass is 32.1. The van der Waals surface area contributed by atoms with E-state index >= 15 is 0 Å². The third-order valence-electron chi connectivity index (χ3n) is 7.26. The SMILES string of the molecule is [C-]#[N+][C@@H]1CC[C@H](CCCc2ccc(C)s2)[C@H]1/C=C/CC(O)C1(CC)CCC1. The van der Waals surface area contributed by atoms with Gasteiger partial charge in [-0.05, 0) is 81.8 Å². The third-order valence-corrected chi connectivity index (χ3v) is 8.32. The van der Waals surface area contributed by atoms with Gasteiger partial charge < -0.3 is 9.95 Å². The van der Waals surface area contributed by atoms with Crippen molar-refractivity contribution in [1.82, 2.24) is 0 Å². The molecule has 1 heterocycles. The summed E-state index contributed by atoms with van der Waals surface area (Å²) in [4.78, 5) is 6.81. The fourth-order valence-corrected chi connectivity index (χ4v) is 6.11. The van der Waals surface area contributed by atoms with Crippen molar-refractivity contribution in [2.75, 3.05) is 0 Å². The van der Waals surface area contributed by atoms with Gasteiger partial charge in [-0.1, -0.05) is 25.5 Å². The first-order valence-corrected chi connectivity index (χ1v) is 11.7. The lowest BCUT2D eigenvalue weighted by Gasteiger charge is -2.45. The molecule has 27 heavy (non-hydrogen) atoms. The van der Waals surface area contributed by atoms with Crippen LogP contribution in [0.15, 0.2) is 24.3 Å². The van der Waals surface area contributed by atoms with Crippen LogP contribution in [0.3, 0.4) is 0 Å². The molecular formula is C24H35NOS. The zero-order valence-corrected chi connectivity index (χ0v) is 17.8. The molecule has 2 aliphatic rings. The Morgan fingerprint density at radius 1 is 1.37 bits per heavy atom. The Bertz CT molecular complexity index is 661. The van der Waals surface area contributed by atoms with Crippen LogP contribution >= 0.6 is 11.3 Å². The maximum absolute atomic E-state index is 10.6. The van der Waals surface area contributed by atoms with Crippen molar-refractivity contribution in [3.63, 3.8) is 0 Å². The van der Waals surface area contributed by atoms with Gasteiger partial charge in [-0.3, -0.25) is 0 Å². The summed E-state index contributed by atoms with van der Waals surface area (Å²) in [5.41, 5.74) is 0.178. The van der Waals surface area contributed by atoms with Crippen molar-refractivity contribution in [3.8, 4) is 0 Å². The smallest absolute Gasteiger partial charge is 0.230 e. The predicted molar refractivity (Wildman–Crippen MR) is 115 cm³/mol. The summed E-state index contributed by atoms with van der Waals surface area (Å²) >= 11 is 1.91. The third kappa shape index (κ3) is 4.84. The number of aliphatic hydroxyl groups is 1. The minimum absolute atomic E-state index is 0.149. The molecule has 0 radical (unpaired) electrons. The quantitative estimate of drug-likeness (QED) is 0.377. The van der Waals surface area contributed by atoms with E-state index in [9.17, 15) is 5.11 Å². The van der Waals surface area contributed by atoms with Crippen molar-refractivity contribution >= 4 is 11.3 Å². The summed E-state index contributed by atoms with van der Waals surface area (Å²) in [6.45, 7) is 12.0. The van der Waals surface area contributed by atoms with Crippen LogP contribution in [0.2, 0.25) is 0 Å². The van der Waals surface area contributed by atoms with E-state index in [4.69, 9.17) is 6.57 Å². The molecule has 1 N–H and O–H groups in total. The Morgan fingerprint density at radius 3 is 2.78 bits per heavy atom. The van der Waals surface area contributed by atoms with Crippen LogP contribution in [-0.4, -0.2) is 17.3 Å². The first-order chi connectivity index (χ1) is 13.1. The van der Waals surface area contributed by atoms with Gasteiger partial charge in [-0.2, -0.15) is 0 Å². The largest absolute Gasteiger partial charge is 0.392 e. The molecule has 0 saturated heterocycles. The molecule has 2 fully saturated rings. The minimum Gasteiger partial charge on any atom is -0.392 e. The Balaban J connectivity index is 1.51. The van der Waals surface area contributed by atoms with E-state index in [1.54, 1.807) is 0 Å². The summed E-state index contributed by atoms with van der Waals surface area (Å²) < 4.78 is 0. The number of rotatable bonds is 9. The van der Waals surface area contributed by atoms with Gasteiger partial charge in [0, 0.05) is 16.2 Å². The monoisotopic (exact) mass is 385 g/mol. The lowest BCUT2D eigenvalue weighted by atomic mass is 9.63. The number of nitrogens with zero attached hydrogens (tertiary/aromatic N) is 1. The van der Waals surface area contributed by atoms with Gasteiger partial charge in [-0.15, -0.1) is 11.3 Å². The minimum atomic E-state index is -0.208. The Hall–Kier alpha value is -1.11. The fourth-order valence-electron chi connectivity index (χ4n) is 5.18. The number of aryl methyl sites for hydroxylation is 2. The van der Waals surface area contributed by atoms with Crippen LogP contribution in [0.1, 0.15) is 74.5 Å². The van der Waals surface area contributed by atoms with Crippen LogP contribution in [0.25, 0.3) is 4.85 Å². The molecule has 0 amide bonds. The zero-order chi connectivity index (χ0) is 19.3. The Morgan fingerprint density at radius 2 is 2.19 bits per heavy atom. The first kappa shape index (κ1) is 20.6. The molecule has 3 rings (SSSR count). The Labute approximate surface area is 169 Å². The van der Waals surface area contributed by atoms with E-state index in [1.807, 2.05) is 11.3 Å². The van der Waals surface area contributed by atoms with E-state index < -0.39 is 0 Å². The van der Waals surface area contributed by atoms with Crippen LogP contribution in [0.4, 0.5) is 0 Å². The molecule has 1 aromatic heterocycles. The molecule has 1 aromatic rings. The average Bonchev–Trinajstić information content (AvgIpc) is 3.21. The number of hydrogen-bond acceptors (Lipinski definition) is 2. The molecule has 3 heteroatoms. The zero-order valence-electron chi connectivity index (χ0n) is 17.0. The van der Waals surface area contributed by atoms with Crippen molar-refractivity contribution in [1.29, 1.82) is 0 Å². The normalized spacial score (nSPS) is 28.1. The van der Waals surface area contributed by atoms with Crippen LogP contribution in [0.5, 0.6) is 0 Å². The van der Waals surface area contributed by atoms with Gasteiger partial charge in [0.05, 0.1) is 12.0 Å². The molecule has 4 atom stereocenters. The van der Waals surface area contributed by atoms with Crippen molar-refractivity contribution in [2.24, 2.45) is 17.3 Å². The highest BCUT2D eigenvalue weighted by molar-refractivity contribution is 7.11. The molecule has 2 saturated carbocycles. The van der Waals surface area contributed by atoms with E-state index in [1.165, 1.54) is 54.7 Å². The Kier molecular flexibility index (Phi) is 7.17. The molecule has 0 bridgehead atoms. The second-order valence-electron chi connectivity index (χ2n) is 8.76. The van der Waals surface area contributed by atoms with E-state index in [0.29, 0.717) is 11.8 Å². The topological polar surface area (TPSA) is 24.6 Å². The summed E-state index contributed by atoms with van der Waals surface area (Å²) in [6, 6.07) is 4.63.